The monoisotopic (exact) mass is 449 g/mol. The van der Waals surface area contributed by atoms with Gasteiger partial charge in [-0.2, -0.15) is 13.2 Å². The van der Waals surface area contributed by atoms with Gasteiger partial charge in [0.15, 0.2) is 5.16 Å². The Bertz CT molecular complexity index is 703. The fourth-order valence-corrected chi connectivity index (χ4v) is 6.58. The molecule has 1 aromatic heterocycles. The van der Waals surface area contributed by atoms with Crippen molar-refractivity contribution in [3.8, 4) is 0 Å². The molecule has 4 aliphatic carbocycles. The van der Waals surface area contributed by atoms with E-state index in [4.69, 9.17) is 20.1 Å². The minimum atomic E-state index is -5.08. The molecule has 2 N–H and O–H groups in total. The number of aromatic nitrogens is 3. The molecule has 0 spiro atoms. The Balaban J connectivity index is 0.000000318. The number of aliphatic hydroxyl groups is 1. The quantitative estimate of drug-likeness (QED) is 0.478. The van der Waals surface area contributed by atoms with Crippen molar-refractivity contribution in [1.29, 1.82) is 0 Å². The second-order valence-corrected chi connectivity index (χ2v) is 10.1. The predicted molar refractivity (Wildman–Crippen MR) is 106 cm³/mol. The fourth-order valence-electron chi connectivity index (χ4n) is 5.88. The van der Waals surface area contributed by atoms with Crippen LogP contribution in [0.5, 0.6) is 0 Å². The number of nitrogens with zero attached hydrogens (tertiary/aromatic N) is 3. The van der Waals surface area contributed by atoms with E-state index in [1.165, 1.54) is 44.3 Å². The zero-order valence-corrected chi connectivity index (χ0v) is 18.0. The molecule has 4 aliphatic rings. The first-order chi connectivity index (χ1) is 14.2. The molecule has 0 unspecified atom stereocenters. The van der Waals surface area contributed by atoms with Gasteiger partial charge in [-0.1, -0.05) is 18.7 Å². The average molecular weight is 450 g/mol. The van der Waals surface area contributed by atoms with Crippen molar-refractivity contribution in [2.45, 2.75) is 81.6 Å². The summed E-state index contributed by atoms with van der Waals surface area (Å²) in [7, 11) is 0. The zero-order valence-electron chi connectivity index (χ0n) is 17.2. The van der Waals surface area contributed by atoms with Crippen molar-refractivity contribution < 1.29 is 28.2 Å². The predicted octanol–water partition coefficient (Wildman–Crippen LogP) is 4.26. The first kappa shape index (κ1) is 23.4. The van der Waals surface area contributed by atoms with Crippen LogP contribution in [-0.4, -0.2) is 49.5 Å². The molecule has 0 amide bonds. The van der Waals surface area contributed by atoms with Gasteiger partial charge < -0.3 is 14.8 Å². The van der Waals surface area contributed by atoms with E-state index in [0.717, 1.165) is 48.0 Å². The molecule has 1 aromatic rings. The van der Waals surface area contributed by atoms with E-state index in [2.05, 4.69) is 16.6 Å². The number of hydrogen-bond acceptors (Lipinski definition) is 5. The van der Waals surface area contributed by atoms with Crippen molar-refractivity contribution >= 4 is 17.7 Å². The maximum Gasteiger partial charge on any atom is 0.490 e. The van der Waals surface area contributed by atoms with E-state index in [1.54, 1.807) is 0 Å². The van der Waals surface area contributed by atoms with Gasteiger partial charge in [0.1, 0.15) is 5.82 Å². The van der Waals surface area contributed by atoms with E-state index in [9.17, 15) is 13.2 Å². The van der Waals surface area contributed by atoms with Crippen LogP contribution in [0.4, 0.5) is 13.2 Å². The molecule has 4 saturated carbocycles. The van der Waals surface area contributed by atoms with Gasteiger partial charge in [0.05, 0.1) is 0 Å². The standard InChI is InChI=1S/C18H29N3OS.C2HF3O2/c1-2-23-17-20-19-16(21(17)5-3-4-6-22)18-10-13-7-14(11-18)9-15(8-13)12-18;3-2(4,5)1(6)7/h13-15,22H,2-12H2,1H3;(H,6,7). The Morgan fingerprint density at radius 3 is 2.10 bits per heavy atom. The molecular weight excluding hydrogens is 419 g/mol. The van der Waals surface area contributed by atoms with E-state index in [0.29, 0.717) is 5.41 Å². The summed E-state index contributed by atoms with van der Waals surface area (Å²) in [6.45, 7) is 3.43. The highest BCUT2D eigenvalue weighted by Gasteiger charge is 2.54. The first-order valence-electron chi connectivity index (χ1n) is 10.7. The van der Waals surface area contributed by atoms with Gasteiger partial charge in [-0.25, -0.2) is 4.79 Å². The summed E-state index contributed by atoms with van der Waals surface area (Å²) in [6, 6.07) is 0. The molecule has 0 radical (unpaired) electrons. The fraction of sp³-hybridized carbons (Fsp3) is 0.850. The topological polar surface area (TPSA) is 88.2 Å². The van der Waals surface area contributed by atoms with Crippen molar-refractivity contribution in [3.63, 3.8) is 0 Å². The average Bonchev–Trinajstić information content (AvgIpc) is 3.04. The van der Waals surface area contributed by atoms with Gasteiger partial charge in [-0.15, -0.1) is 10.2 Å². The number of alkyl halides is 3. The van der Waals surface area contributed by atoms with Crippen molar-refractivity contribution in [2.24, 2.45) is 17.8 Å². The highest BCUT2D eigenvalue weighted by atomic mass is 32.2. The van der Waals surface area contributed by atoms with Crippen LogP contribution in [0.2, 0.25) is 0 Å². The van der Waals surface area contributed by atoms with E-state index in [1.807, 2.05) is 11.8 Å². The maximum atomic E-state index is 10.6. The lowest BCUT2D eigenvalue weighted by Crippen LogP contribution is -2.49. The normalized spacial score (nSPS) is 29.6. The number of hydrogen-bond donors (Lipinski definition) is 2. The third-order valence-electron chi connectivity index (χ3n) is 6.54. The van der Waals surface area contributed by atoms with Gasteiger partial charge >= 0.3 is 12.1 Å². The first-order valence-corrected chi connectivity index (χ1v) is 11.6. The van der Waals surface area contributed by atoms with E-state index < -0.39 is 12.1 Å². The molecule has 0 aliphatic heterocycles. The Kier molecular flexibility index (Phi) is 7.37. The molecule has 10 heteroatoms. The van der Waals surface area contributed by atoms with Crippen molar-refractivity contribution in [1.82, 2.24) is 14.8 Å². The number of carboxylic acid groups (broad SMARTS) is 1. The maximum absolute atomic E-state index is 10.6. The highest BCUT2D eigenvalue weighted by Crippen LogP contribution is 2.60. The Morgan fingerprint density at radius 1 is 1.13 bits per heavy atom. The molecule has 0 saturated heterocycles. The second-order valence-electron chi connectivity index (χ2n) is 8.82. The Hall–Kier alpha value is -1.29. The molecule has 4 bridgehead atoms. The molecule has 170 valence electrons. The van der Waals surface area contributed by atoms with Crippen LogP contribution < -0.4 is 0 Å². The molecule has 1 heterocycles. The molecule has 5 rings (SSSR count). The summed E-state index contributed by atoms with van der Waals surface area (Å²) < 4.78 is 34.1. The lowest BCUT2D eigenvalue weighted by Gasteiger charge is -2.56. The number of rotatable bonds is 7. The van der Waals surface area contributed by atoms with Gasteiger partial charge in [0.25, 0.3) is 0 Å². The smallest absolute Gasteiger partial charge is 0.475 e. The molecule has 0 atom stereocenters. The summed E-state index contributed by atoms with van der Waals surface area (Å²) in [6.07, 6.45) is 5.23. The minimum absolute atomic E-state index is 0.283. The van der Waals surface area contributed by atoms with Gasteiger partial charge in [0.2, 0.25) is 0 Å². The van der Waals surface area contributed by atoms with Crippen molar-refractivity contribution in [2.75, 3.05) is 12.4 Å². The molecule has 0 aromatic carbocycles. The summed E-state index contributed by atoms with van der Waals surface area (Å²) >= 11 is 1.81. The van der Waals surface area contributed by atoms with Crippen LogP contribution in [0.3, 0.4) is 0 Å². The Morgan fingerprint density at radius 2 is 1.67 bits per heavy atom. The highest BCUT2D eigenvalue weighted by molar-refractivity contribution is 7.99. The number of aliphatic hydroxyl groups excluding tert-OH is 1. The second kappa shape index (κ2) is 9.46. The third kappa shape index (κ3) is 5.12. The van der Waals surface area contributed by atoms with Crippen LogP contribution in [-0.2, 0) is 16.8 Å². The van der Waals surface area contributed by atoms with Crippen LogP contribution in [0.25, 0.3) is 0 Å². The SMILES string of the molecule is CCSc1nnc(C23CC4CC(CC(C4)C2)C3)n1CCCCO.O=C(O)C(F)(F)F. The third-order valence-corrected chi connectivity index (χ3v) is 7.38. The van der Waals surface area contributed by atoms with Crippen LogP contribution in [0.1, 0.15) is 64.1 Å². The molecule has 4 fully saturated rings. The van der Waals surface area contributed by atoms with E-state index in [-0.39, 0.29) is 6.61 Å². The van der Waals surface area contributed by atoms with Crippen LogP contribution in [0.15, 0.2) is 5.16 Å². The summed E-state index contributed by atoms with van der Waals surface area (Å²) in [5.74, 6) is 2.38. The summed E-state index contributed by atoms with van der Waals surface area (Å²) in [4.78, 5) is 8.90. The van der Waals surface area contributed by atoms with Gasteiger partial charge in [-0.3, -0.25) is 0 Å². The van der Waals surface area contributed by atoms with Gasteiger partial charge in [-0.05, 0) is 74.9 Å². The van der Waals surface area contributed by atoms with Gasteiger partial charge in [0, 0.05) is 18.6 Å². The molecular formula is C20H30F3N3O3S. The summed E-state index contributed by atoms with van der Waals surface area (Å²) in [5.41, 5.74) is 0.313. The molecule has 30 heavy (non-hydrogen) atoms. The number of unbranched alkanes of at least 4 members (excludes halogenated alkanes) is 1. The van der Waals surface area contributed by atoms with Crippen LogP contribution >= 0.6 is 11.8 Å². The lowest BCUT2D eigenvalue weighted by atomic mass is 9.49. The summed E-state index contributed by atoms with van der Waals surface area (Å²) in [5, 5.41) is 26.6. The number of thioether (sulfide) groups is 1. The lowest BCUT2D eigenvalue weighted by molar-refractivity contribution is -0.192. The minimum Gasteiger partial charge on any atom is -0.475 e. The van der Waals surface area contributed by atoms with Crippen molar-refractivity contribution in [3.05, 3.63) is 5.82 Å². The number of aliphatic carboxylic acids is 1. The van der Waals surface area contributed by atoms with E-state index >= 15 is 0 Å². The number of carbonyl (C=O) groups is 1. The number of carboxylic acids is 1. The largest absolute Gasteiger partial charge is 0.490 e. The zero-order chi connectivity index (χ0) is 21.9. The van der Waals surface area contributed by atoms with Crippen LogP contribution in [0, 0.1) is 17.8 Å². The molecule has 6 nitrogen and oxygen atoms in total. The number of halogens is 3. The Labute approximate surface area is 178 Å².